The van der Waals surface area contributed by atoms with E-state index in [0.29, 0.717) is 29.7 Å². The average Bonchev–Trinajstić information content (AvgIpc) is 3.51. The molecule has 276 valence electrons. The summed E-state index contributed by atoms with van der Waals surface area (Å²) in [7, 11) is -2.93. The summed E-state index contributed by atoms with van der Waals surface area (Å²) in [6.45, 7) is 2.53. The van der Waals surface area contributed by atoms with Crippen molar-refractivity contribution in [3.63, 3.8) is 0 Å². The molecule has 0 spiro atoms. The third kappa shape index (κ3) is 10.7. The second-order valence-electron chi connectivity index (χ2n) is 11.0. The Bertz CT molecular complexity index is 1900. The lowest BCUT2D eigenvalue weighted by atomic mass is 10.2. The number of benzene rings is 2. The van der Waals surface area contributed by atoms with Gasteiger partial charge in [0.05, 0.1) is 26.1 Å². The number of nitrogens with two attached hydrogens (primary N) is 1. The highest BCUT2D eigenvalue weighted by atomic mass is 31.2. The van der Waals surface area contributed by atoms with Gasteiger partial charge in [-0.3, -0.25) is 18.7 Å². The first-order valence-corrected chi connectivity index (χ1v) is 17.0. The highest BCUT2D eigenvalue weighted by Crippen LogP contribution is 2.39. The van der Waals surface area contributed by atoms with Crippen molar-refractivity contribution in [2.45, 2.75) is 58.8 Å². The van der Waals surface area contributed by atoms with E-state index in [-0.39, 0.29) is 29.6 Å². The molecule has 0 radical (unpaired) electrons. The van der Waals surface area contributed by atoms with Crippen molar-refractivity contribution in [2.75, 3.05) is 26.0 Å². The first kappa shape index (κ1) is 39.1. The van der Waals surface area contributed by atoms with E-state index in [0.717, 1.165) is 24.3 Å². The summed E-state index contributed by atoms with van der Waals surface area (Å²) in [4.78, 5) is 37.8. The van der Waals surface area contributed by atoms with Crippen LogP contribution >= 0.6 is 7.67 Å². The van der Waals surface area contributed by atoms with E-state index < -0.39 is 81.0 Å². The van der Waals surface area contributed by atoms with Gasteiger partial charge in [-0.1, -0.05) is 6.92 Å². The number of hydrogen-bond donors (Lipinski definition) is 3. The summed E-state index contributed by atoms with van der Waals surface area (Å²) in [5.41, 5.74) is 6.25. The maximum Gasteiger partial charge on any atom is 0.342 e. The van der Waals surface area contributed by atoms with Crippen LogP contribution in [-0.2, 0) is 46.1 Å². The van der Waals surface area contributed by atoms with E-state index in [4.69, 9.17) is 29.2 Å². The van der Waals surface area contributed by atoms with Crippen molar-refractivity contribution in [3.05, 3.63) is 77.1 Å². The zero-order valence-corrected chi connectivity index (χ0v) is 28.8. The first-order chi connectivity index (χ1) is 24.2. The number of methoxy groups -OCH3 is 1. The standard InChI is InChI=1S/C31H36F4N7O8P/c1-5-23(50-18(3)42-16-37-27-28(42)39-31(36)40-29(27)46-4)15-49-51(45,38-12-26(43)47-13-19-6-8-21(32)10-24(19)34)41-17(2)30(44)48-14-20-7-9-22(33)11-25(20)35/h6-11,16-18,23H,5,12-15H2,1-4H3,(H2,36,39,40)(H2,38,41,45). The van der Waals surface area contributed by atoms with Crippen molar-refractivity contribution in [3.8, 4) is 5.88 Å². The monoisotopic (exact) mass is 741 g/mol. The minimum atomic E-state index is -4.34. The summed E-state index contributed by atoms with van der Waals surface area (Å²) in [6.07, 6.45) is 0.337. The molecule has 0 aliphatic carbocycles. The van der Waals surface area contributed by atoms with Crippen LogP contribution < -0.4 is 20.6 Å². The fourth-order valence-corrected chi connectivity index (χ4v) is 6.05. The molecule has 0 bridgehead atoms. The van der Waals surface area contributed by atoms with Crippen LogP contribution in [0.4, 0.5) is 23.5 Å². The molecule has 4 rings (SSSR count). The van der Waals surface area contributed by atoms with Crippen molar-refractivity contribution < 1.29 is 55.2 Å². The van der Waals surface area contributed by atoms with Gasteiger partial charge in [0.15, 0.2) is 11.2 Å². The molecule has 0 aliphatic rings. The molecule has 0 saturated heterocycles. The van der Waals surface area contributed by atoms with Crippen molar-refractivity contribution in [1.82, 2.24) is 29.7 Å². The van der Waals surface area contributed by atoms with Gasteiger partial charge in [-0.05, 0) is 44.5 Å². The molecular weight excluding hydrogens is 705 g/mol. The molecule has 4 N–H and O–H groups in total. The maximum absolute atomic E-state index is 14.0. The van der Waals surface area contributed by atoms with Gasteiger partial charge in [0.1, 0.15) is 55.3 Å². The second-order valence-corrected chi connectivity index (χ2v) is 12.9. The van der Waals surface area contributed by atoms with Gasteiger partial charge in [0, 0.05) is 23.3 Å². The van der Waals surface area contributed by atoms with Crippen molar-refractivity contribution in [1.29, 1.82) is 0 Å². The van der Waals surface area contributed by atoms with E-state index in [1.807, 2.05) is 0 Å². The minimum Gasteiger partial charge on any atom is -0.479 e. The summed E-state index contributed by atoms with van der Waals surface area (Å²) >= 11 is 0. The van der Waals surface area contributed by atoms with Gasteiger partial charge in [-0.2, -0.15) is 9.97 Å². The van der Waals surface area contributed by atoms with Crippen LogP contribution in [-0.4, -0.2) is 63.9 Å². The number of hydrogen-bond acceptors (Lipinski definition) is 12. The van der Waals surface area contributed by atoms with Crippen molar-refractivity contribution >= 4 is 36.7 Å². The molecule has 4 aromatic rings. The Morgan fingerprint density at radius 2 is 1.61 bits per heavy atom. The highest BCUT2D eigenvalue weighted by Gasteiger charge is 2.32. The largest absolute Gasteiger partial charge is 0.479 e. The number of rotatable bonds is 18. The summed E-state index contributed by atoms with van der Waals surface area (Å²) < 4.78 is 97.3. The lowest BCUT2D eigenvalue weighted by molar-refractivity contribution is -0.146. The zero-order valence-electron chi connectivity index (χ0n) is 27.9. The zero-order chi connectivity index (χ0) is 37.3. The molecule has 0 saturated carbocycles. The third-order valence-corrected chi connectivity index (χ3v) is 9.03. The molecular formula is C31H36F4N7O8P. The smallest absolute Gasteiger partial charge is 0.342 e. The van der Waals surface area contributed by atoms with Crippen LogP contribution in [0.5, 0.6) is 5.88 Å². The van der Waals surface area contributed by atoms with E-state index in [1.54, 1.807) is 18.4 Å². The summed E-state index contributed by atoms with van der Waals surface area (Å²) in [5.74, 6) is -5.37. The molecule has 0 aliphatic heterocycles. The molecule has 0 amide bonds. The molecule has 2 aromatic heterocycles. The predicted octanol–water partition coefficient (Wildman–Crippen LogP) is 4.47. The van der Waals surface area contributed by atoms with Gasteiger partial charge in [0.2, 0.25) is 11.8 Å². The molecule has 2 heterocycles. The quantitative estimate of drug-likeness (QED) is 0.0736. The molecule has 4 unspecified atom stereocenters. The number of nitrogens with one attached hydrogen (secondary N) is 2. The Labute approximate surface area is 289 Å². The first-order valence-electron chi connectivity index (χ1n) is 15.4. The van der Waals surface area contributed by atoms with Crippen molar-refractivity contribution in [2.24, 2.45) is 0 Å². The SMILES string of the molecule is CCC(COP(=O)(NCC(=O)OCc1ccc(F)cc1F)NC(C)C(=O)OCc1ccc(F)cc1F)OC(C)n1cnc2c(OC)nc(N)nc21. The lowest BCUT2D eigenvalue weighted by Crippen LogP contribution is -2.39. The number of nitrogen functional groups attached to an aromatic ring is 1. The van der Waals surface area contributed by atoms with Crippen LogP contribution in [0.15, 0.2) is 42.7 Å². The number of carbonyl (C=O) groups excluding carboxylic acids is 2. The van der Waals surface area contributed by atoms with Crippen LogP contribution in [0.1, 0.15) is 44.5 Å². The number of ether oxygens (including phenoxy) is 4. The van der Waals surface area contributed by atoms with E-state index in [1.165, 1.54) is 20.4 Å². The number of carbonyl (C=O) groups is 2. The Balaban J connectivity index is 1.43. The van der Waals surface area contributed by atoms with Gasteiger partial charge in [-0.15, -0.1) is 0 Å². The topological polar surface area (TPSA) is 191 Å². The maximum atomic E-state index is 14.0. The second kappa shape index (κ2) is 17.5. The van der Waals surface area contributed by atoms with Crippen LogP contribution in [0.25, 0.3) is 11.2 Å². The molecule has 2 aromatic carbocycles. The highest BCUT2D eigenvalue weighted by molar-refractivity contribution is 7.54. The molecule has 51 heavy (non-hydrogen) atoms. The number of fused-ring (bicyclic) bond motifs is 1. The van der Waals surface area contributed by atoms with Gasteiger partial charge in [-0.25, -0.2) is 32.7 Å². The number of aromatic nitrogens is 4. The van der Waals surface area contributed by atoms with E-state index in [9.17, 15) is 31.7 Å². The Morgan fingerprint density at radius 3 is 2.20 bits per heavy atom. The molecule has 15 nitrogen and oxygen atoms in total. The Kier molecular flexibility index (Phi) is 13.4. The summed E-state index contributed by atoms with van der Waals surface area (Å²) in [6, 6.07) is 4.09. The Hall–Kier alpha value is -4.68. The third-order valence-electron chi connectivity index (χ3n) is 7.22. The van der Waals surface area contributed by atoms with Gasteiger partial charge >= 0.3 is 19.6 Å². The Morgan fingerprint density at radius 1 is 0.980 bits per heavy atom. The minimum absolute atomic E-state index is 0.0569. The number of imidazole rings is 1. The lowest BCUT2D eigenvalue weighted by Gasteiger charge is -2.27. The van der Waals surface area contributed by atoms with E-state index in [2.05, 4.69) is 25.1 Å². The fourth-order valence-electron chi connectivity index (χ4n) is 4.47. The van der Waals surface area contributed by atoms with E-state index >= 15 is 0 Å². The van der Waals surface area contributed by atoms with Crippen LogP contribution in [0.2, 0.25) is 0 Å². The average molecular weight is 742 g/mol. The number of esters is 2. The molecule has 4 atom stereocenters. The summed E-state index contributed by atoms with van der Waals surface area (Å²) in [5, 5.41) is 4.87. The molecule has 0 fully saturated rings. The number of nitrogens with zero attached hydrogens (tertiary/aromatic N) is 4. The normalized spacial score (nSPS) is 14.4. The fraction of sp³-hybridized carbons (Fsp3) is 0.387. The number of halogens is 4. The van der Waals surface area contributed by atoms with Gasteiger partial charge in [0.25, 0.3) is 0 Å². The van der Waals surface area contributed by atoms with Gasteiger partial charge < -0.3 is 29.2 Å². The van der Waals surface area contributed by atoms with Crippen LogP contribution in [0.3, 0.4) is 0 Å². The number of anilines is 1. The predicted molar refractivity (Wildman–Crippen MR) is 173 cm³/mol. The van der Waals surface area contributed by atoms with Crippen LogP contribution in [0, 0.1) is 23.3 Å². The molecule has 20 heteroatoms.